The quantitative estimate of drug-likeness (QED) is 0.750. The summed E-state index contributed by atoms with van der Waals surface area (Å²) in [5.74, 6) is 0.713. The van der Waals surface area contributed by atoms with Crippen molar-refractivity contribution >= 4 is 11.8 Å². The van der Waals surface area contributed by atoms with E-state index in [9.17, 15) is 9.59 Å². The van der Waals surface area contributed by atoms with E-state index in [0.717, 1.165) is 17.7 Å². The monoisotopic (exact) mass is 397 g/mol. The van der Waals surface area contributed by atoms with E-state index in [0.29, 0.717) is 38.4 Å². The Hall–Kier alpha value is -3.00. The van der Waals surface area contributed by atoms with Gasteiger partial charge in [-0.15, -0.1) is 0 Å². The minimum absolute atomic E-state index is 0.00668. The molecule has 8 heteroatoms. The number of benzene rings is 1. The van der Waals surface area contributed by atoms with E-state index in [4.69, 9.17) is 4.74 Å². The predicted octanol–water partition coefficient (Wildman–Crippen LogP) is 0.990. The van der Waals surface area contributed by atoms with Crippen LogP contribution in [0.5, 0.6) is 5.75 Å². The topological polar surface area (TPSA) is 87.7 Å². The fraction of sp³-hybridized carbons (Fsp3) is 0.429. The van der Waals surface area contributed by atoms with Crippen molar-refractivity contribution in [3.8, 4) is 5.75 Å². The number of rotatable bonds is 7. The van der Waals surface area contributed by atoms with Crippen LogP contribution in [0.4, 0.5) is 0 Å². The summed E-state index contributed by atoms with van der Waals surface area (Å²) >= 11 is 0. The van der Waals surface area contributed by atoms with Crippen molar-refractivity contribution in [1.29, 1.82) is 0 Å². The SMILES string of the molecule is COc1ccc(CCNC(=O)C(C)N2CCN(C(=O)c3cnccn3)CC2)cc1. The average Bonchev–Trinajstić information content (AvgIpc) is 2.79. The van der Waals surface area contributed by atoms with E-state index in [1.165, 1.54) is 12.4 Å². The Kier molecular flexibility index (Phi) is 7.13. The molecule has 0 radical (unpaired) electrons. The first-order chi connectivity index (χ1) is 14.1. The van der Waals surface area contributed by atoms with E-state index < -0.39 is 0 Å². The van der Waals surface area contributed by atoms with Gasteiger partial charge in [-0.2, -0.15) is 0 Å². The van der Waals surface area contributed by atoms with Gasteiger partial charge in [0.05, 0.1) is 19.3 Å². The van der Waals surface area contributed by atoms with E-state index in [1.807, 2.05) is 31.2 Å². The van der Waals surface area contributed by atoms with Gasteiger partial charge in [0, 0.05) is 45.1 Å². The Morgan fingerprint density at radius 3 is 2.48 bits per heavy atom. The largest absolute Gasteiger partial charge is 0.497 e. The number of amides is 2. The second kappa shape index (κ2) is 9.97. The Labute approximate surface area is 170 Å². The maximum atomic E-state index is 12.5. The molecule has 2 aromatic rings. The first kappa shape index (κ1) is 20.7. The summed E-state index contributed by atoms with van der Waals surface area (Å²) in [6.45, 7) is 4.93. The van der Waals surface area contributed by atoms with E-state index in [-0.39, 0.29) is 17.9 Å². The Morgan fingerprint density at radius 2 is 1.86 bits per heavy atom. The van der Waals surface area contributed by atoms with Crippen molar-refractivity contribution in [1.82, 2.24) is 25.1 Å². The molecule has 0 spiro atoms. The molecule has 1 saturated heterocycles. The normalized spacial score (nSPS) is 15.6. The highest BCUT2D eigenvalue weighted by molar-refractivity contribution is 5.92. The Balaban J connectivity index is 1.41. The maximum absolute atomic E-state index is 12.5. The number of ether oxygens (including phenoxy) is 1. The zero-order chi connectivity index (χ0) is 20.6. The molecule has 154 valence electrons. The van der Waals surface area contributed by atoms with Crippen LogP contribution < -0.4 is 10.1 Å². The molecular formula is C21H27N5O3. The number of aromatic nitrogens is 2. The fourth-order valence-electron chi connectivity index (χ4n) is 3.32. The lowest BCUT2D eigenvalue weighted by molar-refractivity contribution is -0.126. The lowest BCUT2D eigenvalue weighted by Gasteiger charge is -2.37. The minimum atomic E-state index is -0.236. The molecule has 1 unspecified atom stereocenters. The maximum Gasteiger partial charge on any atom is 0.274 e. The van der Waals surface area contributed by atoms with Gasteiger partial charge < -0.3 is 15.0 Å². The smallest absolute Gasteiger partial charge is 0.274 e. The Bertz CT molecular complexity index is 805. The summed E-state index contributed by atoms with van der Waals surface area (Å²) in [5, 5.41) is 3.01. The van der Waals surface area contributed by atoms with Gasteiger partial charge in [-0.1, -0.05) is 12.1 Å². The summed E-state index contributed by atoms with van der Waals surface area (Å²) in [7, 11) is 1.64. The van der Waals surface area contributed by atoms with Crippen LogP contribution in [-0.4, -0.2) is 77.5 Å². The molecule has 0 bridgehead atoms. The van der Waals surface area contributed by atoms with Crippen LogP contribution in [0.1, 0.15) is 23.0 Å². The van der Waals surface area contributed by atoms with Crippen LogP contribution in [0, 0.1) is 0 Å². The van der Waals surface area contributed by atoms with E-state index in [1.54, 1.807) is 18.2 Å². The second-order valence-corrected chi connectivity index (χ2v) is 6.98. The molecule has 8 nitrogen and oxygen atoms in total. The molecule has 1 N–H and O–H groups in total. The molecule has 1 fully saturated rings. The molecule has 2 amide bonds. The number of piperazine rings is 1. The molecule has 1 aromatic heterocycles. The third kappa shape index (κ3) is 5.51. The highest BCUT2D eigenvalue weighted by Gasteiger charge is 2.28. The highest BCUT2D eigenvalue weighted by atomic mass is 16.5. The average molecular weight is 397 g/mol. The number of carbonyl (C=O) groups excluding carboxylic acids is 2. The standard InChI is InChI=1S/C21H27N5O3/c1-16(20(27)24-8-7-17-3-5-18(29-2)6-4-17)25-11-13-26(14-12-25)21(28)19-15-22-9-10-23-19/h3-6,9-10,15-16H,7-8,11-14H2,1-2H3,(H,24,27). The van der Waals surface area contributed by atoms with Gasteiger partial charge in [0.25, 0.3) is 5.91 Å². The molecule has 0 saturated carbocycles. The molecule has 3 rings (SSSR count). The van der Waals surface area contributed by atoms with E-state index >= 15 is 0 Å². The fourth-order valence-corrected chi connectivity index (χ4v) is 3.32. The summed E-state index contributed by atoms with van der Waals surface area (Å²) in [6, 6.07) is 7.60. The third-order valence-corrected chi connectivity index (χ3v) is 5.18. The molecule has 0 aliphatic carbocycles. The summed E-state index contributed by atoms with van der Waals surface area (Å²) < 4.78 is 5.15. The number of hydrogen-bond donors (Lipinski definition) is 1. The molecule has 1 aromatic carbocycles. The molecule has 29 heavy (non-hydrogen) atoms. The van der Waals surface area contributed by atoms with Gasteiger partial charge in [-0.25, -0.2) is 4.98 Å². The van der Waals surface area contributed by atoms with Gasteiger partial charge in [0.15, 0.2) is 0 Å². The number of hydrogen-bond acceptors (Lipinski definition) is 6. The van der Waals surface area contributed by atoms with Gasteiger partial charge in [-0.3, -0.25) is 19.5 Å². The third-order valence-electron chi connectivity index (χ3n) is 5.18. The number of nitrogens with one attached hydrogen (secondary N) is 1. The van der Waals surface area contributed by atoms with Crippen LogP contribution in [0.2, 0.25) is 0 Å². The van der Waals surface area contributed by atoms with Crippen LogP contribution in [0.15, 0.2) is 42.9 Å². The van der Waals surface area contributed by atoms with Crippen molar-refractivity contribution in [3.05, 3.63) is 54.1 Å². The molecular weight excluding hydrogens is 370 g/mol. The summed E-state index contributed by atoms with van der Waals surface area (Å²) in [5.41, 5.74) is 1.50. The van der Waals surface area contributed by atoms with Gasteiger partial charge >= 0.3 is 0 Å². The van der Waals surface area contributed by atoms with Crippen LogP contribution in [-0.2, 0) is 11.2 Å². The first-order valence-electron chi connectivity index (χ1n) is 9.78. The summed E-state index contributed by atoms with van der Waals surface area (Å²) in [4.78, 5) is 36.8. The van der Waals surface area contributed by atoms with E-state index in [2.05, 4.69) is 20.2 Å². The number of methoxy groups -OCH3 is 1. The molecule has 1 atom stereocenters. The van der Waals surface area contributed by atoms with Crippen molar-refractivity contribution in [2.45, 2.75) is 19.4 Å². The lowest BCUT2D eigenvalue weighted by Crippen LogP contribution is -2.55. The van der Waals surface area contributed by atoms with Crippen LogP contribution >= 0.6 is 0 Å². The highest BCUT2D eigenvalue weighted by Crippen LogP contribution is 2.12. The lowest BCUT2D eigenvalue weighted by atomic mass is 10.1. The molecule has 1 aliphatic heterocycles. The molecule has 2 heterocycles. The van der Waals surface area contributed by atoms with Gasteiger partial charge in [-0.05, 0) is 31.0 Å². The molecule has 1 aliphatic rings. The van der Waals surface area contributed by atoms with Gasteiger partial charge in [0.1, 0.15) is 11.4 Å². The predicted molar refractivity (Wildman–Crippen MR) is 109 cm³/mol. The zero-order valence-electron chi connectivity index (χ0n) is 16.9. The second-order valence-electron chi connectivity index (χ2n) is 6.98. The summed E-state index contributed by atoms with van der Waals surface area (Å²) in [6.07, 6.45) is 5.31. The van der Waals surface area contributed by atoms with Crippen LogP contribution in [0.3, 0.4) is 0 Å². The minimum Gasteiger partial charge on any atom is -0.497 e. The zero-order valence-corrected chi connectivity index (χ0v) is 16.9. The van der Waals surface area contributed by atoms with Crippen molar-refractivity contribution in [3.63, 3.8) is 0 Å². The Morgan fingerprint density at radius 1 is 1.14 bits per heavy atom. The van der Waals surface area contributed by atoms with Gasteiger partial charge in [0.2, 0.25) is 5.91 Å². The first-order valence-corrected chi connectivity index (χ1v) is 9.78. The van der Waals surface area contributed by atoms with Crippen LogP contribution in [0.25, 0.3) is 0 Å². The van der Waals surface area contributed by atoms with Crippen molar-refractivity contribution in [2.24, 2.45) is 0 Å². The number of carbonyl (C=O) groups is 2. The van der Waals surface area contributed by atoms with Crippen molar-refractivity contribution < 1.29 is 14.3 Å². The number of nitrogens with zero attached hydrogens (tertiary/aromatic N) is 4. The van der Waals surface area contributed by atoms with Crippen molar-refractivity contribution in [2.75, 3.05) is 39.8 Å².